The van der Waals surface area contributed by atoms with E-state index in [1.807, 2.05) is 13.8 Å². The first-order valence-electron chi connectivity index (χ1n) is 6.05. The number of hydrogen-bond acceptors (Lipinski definition) is 6. The van der Waals surface area contributed by atoms with E-state index in [2.05, 4.69) is 4.98 Å². The Balaban J connectivity index is 2.03. The number of aromatic nitrogens is 1. The van der Waals surface area contributed by atoms with Crippen molar-refractivity contribution in [1.29, 1.82) is 0 Å². The molecule has 2 aromatic rings. The Morgan fingerprint density at radius 3 is 2.70 bits per heavy atom. The van der Waals surface area contributed by atoms with Crippen LogP contribution in [-0.4, -0.2) is 18.1 Å². The zero-order chi connectivity index (χ0) is 14.7. The summed E-state index contributed by atoms with van der Waals surface area (Å²) in [4.78, 5) is 17.4. The predicted molar refractivity (Wildman–Crippen MR) is 78.1 cm³/mol. The number of anilines is 1. The fraction of sp³-hybridized carbons (Fsp3) is 0.286. The molecule has 2 rings (SSSR count). The van der Waals surface area contributed by atoms with Crippen molar-refractivity contribution in [3.8, 4) is 5.75 Å². The van der Waals surface area contributed by atoms with Crippen molar-refractivity contribution in [3.05, 3.63) is 39.3 Å². The highest BCUT2D eigenvalue weighted by atomic mass is 32.1. The normalized spacial score (nSPS) is 10.3. The number of nitrogen functional groups attached to an aromatic ring is 1. The van der Waals surface area contributed by atoms with Crippen LogP contribution in [0.25, 0.3) is 0 Å². The van der Waals surface area contributed by atoms with Crippen molar-refractivity contribution >= 4 is 23.0 Å². The molecule has 106 valence electrons. The number of aryl methyl sites for hydroxylation is 2. The lowest BCUT2D eigenvalue weighted by molar-refractivity contribution is 0.0472. The number of rotatable bonds is 4. The highest BCUT2D eigenvalue weighted by Crippen LogP contribution is 2.23. The SMILES string of the molecule is COc1ccc(C(=O)OCc2nc(C)c(C)s2)cc1N. The molecule has 5 nitrogen and oxygen atoms in total. The van der Waals surface area contributed by atoms with Crippen LogP contribution in [0.15, 0.2) is 18.2 Å². The van der Waals surface area contributed by atoms with Crippen LogP contribution in [0.4, 0.5) is 5.69 Å². The van der Waals surface area contributed by atoms with E-state index in [9.17, 15) is 4.79 Å². The van der Waals surface area contributed by atoms with Crippen LogP contribution in [0.5, 0.6) is 5.75 Å². The Bertz CT molecular complexity index is 618. The van der Waals surface area contributed by atoms with E-state index >= 15 is 0 Å². The van der Waals surface area contributed by atoms with Crippen LogP contribution in [0.2, 0.25) is 0 Å². The maximum absolute atomic E-state index is 11.9. The minimum atomic E-state index is -0.426. The van der Waals surface area contributed by atoms with E-state index in [0.717, 1.165) is 15.6 Å². The molecule has 0 atom stereocenters. The lowest BCUT2D eigenvalue weighted by Crippen LogP contribution is -2.06. The topological polar surface area (TPSA) is 74.4 Å². The van der Waals surface area contributed by atoms with E-state index in [1.165, 1.54) is 18.4 Å². The number of nitrogens with zero attached hydrogens (tertiary/aromatic N) is 1. The van der Waals surface area contributed by atoms with Gasteiger partial charge in [-0.2, -0.15) is 0 Å². The molecule has 0 unspecified atom stereocenters. The Labute approximate surface area is 121 Å². The number of thiazole rings is 1. The van der Waals surface area contributed by atoms with Gasteiger partial charge in [0.1, 0.15) is 17.4 Å². The van der Waals surface area contributed by atoms with Crippen LogP contribution in [0.3, 0.4) is 0 Å². The molecule has 0 aliphatic carbocycles. The third kappa shape index (κ3) is 3.08. The summed E-state index contributed by atoms with van der Waals surface area (Å²) in [7, 11) is 1.52. The minimum absolute atomic E-state index is 0.171. The largest absolute Gasteiger partial charge is 0.495 e. The smallest absolute Gasteiger partial charge is 0.338 e. The monoisotopic (exact) mass is 292 g/mol. The van der Waals surface area contributed by atoms with E-state index < -0.39 is 5.97 Å². The third-order valence-corrected chi connectivity index (χ3v) is 3.91. The average molecular weight is 292 g/mol. The highest BCUT2D eigenvalue weighted by molar-refractivity contribution is 7.11. The van der Waals surface area contributed by atoms with Crippen LogP contribution in [0.1, 0.15) is 25.9 Å². The molecule has 0 saturated heterocycles. The van der Waals surface area contributed by atoms with Crippen molar-refractivity contribution in [2.75, 3.05) is 12.8 Å². The van der Waals surface area contributed by atoms with Crippen LogP contribution >= 0.6 is 11.3 Å². The summed E-state index contributed by atoms with van der Waals surface area (Å²) >= 11 is 1.53. The lowest BCUT2D eigenvalue weighted by atomic mass is 10.2. The van der Waals surface area contributed by atoms with Crippen molar-refractivity contribution < 1.29 is 14.3 Å². The van der Waals surface area contributed by atoms with Gasteiger partial charge in [0.2, 0.25) is 0 Å². The van der Waals surface area contributed by atoms with Gasteiger partial charge in [0.15, 0.2) is 0 Å². The highest BCUT2D eigenvalue weighted by Gasteiger charge is 2.12. The summed E-state index contributed by atoms with van der Waals surface area (Å²) in [6.07, 6.45) is 0. The Hall–Kier alpha value is -2.08. The summed E-state index contributed by atoms with van der Waals surface area (Å²) < 4.78 is 10.3. The van der Waals surface area contributed by atoms with E-state index in [4.69, 9.17) is 15.2 Å². The first-order valence-corrected chi connectivity index (χ1v) is 6.86. The lowest BCUT2D eigenvalue weighted by Gasteiger charge is -2.07. The van der Waals surface area contributed by atoms with Gasteiger partial charge in [-0.05, 0) is 32.0 Å². The number of nitrogens with two attached hydrogens (primary N) is 1. The van der Waals surface area contributed by atoms with E-state index in [0.29, 0.717) is 17.0 Å². The molecule has 1 aromatic heterocycles. The molecule has 0 saturated carbocycles. The maximum Gasteiger partial charge on any atom is 0.338 e. The summed E-state index contributed by atoms with van der Waals surface area (Å²) in [5, 5.41) is 0.787. The Kier molecular flexibility index (Phi) is 4.24. The van der Waals surface area contributed by atoms with Crippen LogP contribution < -0.4 is 10.5 Å². The van der Waals surface area contributed by atoms with Crippen LogP contribution in [-0.2, 0) is 11.3 Å². The van der Waals surface area contributed by atoms with Gasteiger partial charge in [-0.15, -0.1) is 11.3 Å². The molecule has 1 aromatic carbocycles. The molecule has 2 N–H and O–H groups in total. The van der Waals surface area contributed by atoms with Gasteiger partial charge in [-0.1, -0.05) is 0 Å². The Morgan fingerprint density at radius 1 is 1.40 bits per heavy atom. The van der Waals surface area contributed by atoms with E-state index in [1.54, 1.807) is 18.2 Å². The van der Waals surface area contributed by atoms with Gasteiger partial charge >= 0.3 is 5.97 Å². The zero-order valence-electron chi connectivity index (χ0n) is 11.6. The summed E-state index contributed by atoms with van der Waals surface area (Å²) in [5.41, 5.74) is 7.53. The average Bonchev–Trinajstić information content (AvgIpc) is 2.75. The van der Waals surface area contributed by atoms with E-state index in [-0.39, 0.29) is 6.61 Å². The third-order valence-electron chi connectivity index (χ3n) is 2.86. The number of methoxy groups -OCH3 is 1. The molecule has 0 aliphatic rings. The van der Waals surface area contributed by atoms with Gasteiger partial charge < -0.3 is 15.2 Å². The standard InChI is InChI=1S/C14H16N2O3S/c1-8-9(2)20-13(16-8)7-19-14(17)10-4-5-12(18-3)11(15)6-10/h4-6H,7,15H2,1-3H3. The quantitative estimate of drug-likeness (QED) is 0.692. The number of hydrogen-bond donors (Lipinski definition) is 1. The molecule has 6 heteroatoms. The molecule has 0 radical (unpaired) electrons. The molecule has 0 aliphatic heterocycles. The second kappa shape index (κ2) is 5.92. The van der Waals surface area contributed by atoms with Crippen molar-refractivity contribution in [1.82, 2.24) is 4.98 Å². The predicted octanol–water partition coefficient (Wildman–Crippen LogP) is 2.71. The molecule has 1 heterocycles. The number of carbonyl (C=O) groups is 1. The van der Waals surface area contributed by atoms with Crippen molar-refractivity contribution in [2.24, 2.45) is 0 Å². The van der Waals surface area contributed by atoms with Gasteiger partial charge in [0.25, 0.3) is 0 Å². The first kappa shape index (κ1) is 14.3. The van der Waals surface area contributed by atoms with Crippen LogP contribution in [0, 0.1) is 13.8 Å². The number of ether oxygens (including phenoxy) is 2. The van der Waals surface area contributed by atoms with Gasteiger partial charge in [0.05, 0.1) is 24.1 Å². The number of esters is 1. The first-order chi connectivity index (χ1) is 9.51. The molecular formula is C14H16N2O3S. The fourth-order valence-electron chi connectivity index (χ4n) is 1.67. The number of carbonyl (C=O) groups excluding carboxylic acids is 1. The van der Waals surface area contributed by atoms with Gasteiger partial charge in [-0.3, -0.25) is 0 Å². The summed E-state index contributed by atoms with van der Waals surface area (Å²) in [6, 6.07) is 4.80. The summed E-state index contributed by atoms with van der Waals surface area (Å²) in [5.74, 6) is 0.109. The molecule has 20 heavy (non-hydrogen) atoms. The fourth-order valence-corrected chi connectivity index (χ4v) is 2.52. The molecule has 0 spiro atoms. The molecule has 0 fully saturated rings. The summed E-state index contributed by atoms with van der Waals surface area (Å²) in [6.45, 7) is 4.09. The molecular weight excluding hydrogens is 276 g/mol. The second-order valence-electron chi connectivity index (χ2n) is 4.28. The zero-order valence-corrected chi connectivity index (χ0v) is 12.4. The van der Waals surface area contributed by atoms with Gasteiger partial charge in [0, 0.05) is 4.88 Å². The second-order valence-corrected chi connectivity index (χ2v) is 5.57. The van der Waals surface area contributed by atoms with Gasteiger partial charge in [-0.25, -0.2) is 9.78 Å². The minimum Gasteiger partial charge on any atom is -0.495 e. The van der Waals surface area contributed by atoms with Crippen molar-refractivity contribution in [3.63, 3.8) is 0 Å². The molecule has 0 amide bonds. The molecule has 0 bridgehead atoms. The maximum atomic E-state index is 11.9. The Morgan fingerprint density at radius 2 is 2.15 bits per heavy atom. The number of benzene rings is 1. The van der Waals surface area contributed by atoms with Crippen molar-refractivity contribution in [2.45, 2.75) is 20.5 Å².